The summed E-state index contributed by atoms with van der Waals surface area (Å²) >= 11 is 0. The van der Waals surface area contributed by atoms with Crippen molar-refractivity contribution in [3.05, 3.63) is 35.0 Å². The number of morpholine rings is 1. The number of ether oxygens (including phenoxy) is 1. The van der Waals surface area contributed by atoms with Gasteiger partial charge in [0.1, 0.15) is 18.8 Å². The third-order valence-electron chi connectivity index (χ3n) is 2.96. The molecule has 0 amide bonds. The molecule has 5 heteroatoms. The third-order valence-corrected chi connectivity index (χ3v) is 2.96. The first-order valence-electron chi connectivity index (χ1n) is 5.57. The number of carboxylic acids is 1. The van der Waals surface area contributed by atoms with Crippen molar-refractivity contribution < 1.29 is 14.6 Å². The third kappa shape index (κ3) is 2.82. The van der Waals surface area contributed by atoms with E-state index in [1.165, 1.54) is 0 Å². The first kappa shape index (κ1) is 12.0. The second-order valence-corrected chi connectivity index (χ2v) is 4.19. The Morgan fingerprint density at radius 2 is 1.88 bits per heavy atom. The highest BCUT2D eigenvalue weighted by molar-refractivity contribution is 5.70. The number of benzene rings is 1. The highest BCUT2D eigenvalue weighted by atomic mass is 16.6. The van der Waals surface area contributed by atoms with Gasteiger partial charge >= 0.3 is 5.97 Å². The van der Waals surface area contributed by atoms with Gasteiger partial charge in [0.2, 0.25) is 0 Å². The van der Waals surface area contributed by atoms with E-state index in [4.69, 9.17) is 9.84 Å². The van der Waals surface area contributed by atoms with Gasteiger partial charge in [0.15, 0.2) is 0 Å². The summed E-state index contributed by atoms with van der Waals surface area (Å²) < 4.78 is 4.79. The highest BCUT2D eigenvalue weighted by Gasteiger charge is 2.23. The van der Waals surface area contributed by atoms with Crippen molar-refractivity contribution in [1.29, 1.82) is 0 Å². The fourth-order valence-electron chi connectivity index (χ4n) is 1.96. The molecule has 1 aliphatic heterocycles. The second kappa shape index (κ2) is 4.83. The molecule has 0 bridgehead atoms. The topological polar surface area (TPSA) is 69.6 Å². The summed E-state index contributed by atoms with van der Waals surface area (Å²) in [6, 6.07) is 6.85. The molecule has 17 heavy (non-hydrogen) atoms. The van der Waals surface area contributed by atoms with Crippen molar-refractivity contribution >= 4 is 11.7 Å². The van der Waals surface area contributed by atoms with Gasteiger partial charge in [-0.2, -0.15) is 0 Å². The molecule has 92 valence electrons. The second-order valence-electron chi connectivity index (χ2n) is 4.19. The molecule has 0 spiro atoms. The molecule has 1 saturated heterocycles. The van der Waals surface area contributed by atoms with Gasteiger partial charge in [0, 0.05) is 0 Å². The molecule has 0 aromatic heterocycles. The average Bonchev–Trinajstić information content (AvgIpc) is 2.30. The summed E-state index contributed by atoms with van der Waals surface area (Å²) in [6.45, 7) is 1.78. The maximum absolute atomic E-state index is 12.4. The lowest BCUT2D eigenvalue weighted by atomic mass is 10.1. The van der Waals surface area contributed by atoms with E-state index in [0.717, 1.165) is 0 Å². The normalized spacial score (nSPS) is 18.9. The quantitative estimate of drug-likeness (QED) is 0.632. The zero-order valence-electron chi connectivity index (χ0n) is 9.46. The van der Waals surface area contributed by atoms with E-state index >= 15 is 0 Å². The van der Waals surface area contributed by atoms with E-state index in [1.54, 1.807) is 24.3 Å². The lowest BCUT2D eigenvalue weighted by Gasteiger charge is -2.44. The fourth-order valence-corrected chi connectivity index (χ4v) is 1.96. The molecule has 1 aromatic rings. The van der Waals surface area contributed by atoms with Crippen molar-refractivity contribution in [3.63, 3.8) is 0 Å². The molecule has 1 aromatic carbocycles. The standard InChI is InChI=1S/C12H15NO4/c14-12(15)9-10-1-3-11(4-2-10)13(16)5-7-17-8-6-13/h1-4H,5-9H2,(H,14,15). The van der Waals surface area contributed by atoms with Crippen LogP contribution in [0.1, 0.15) is 5.56 Å². The predicted octanol–water partition coefficient (Wildman–Crippen LogP) is 1.15. The van der Waals surface area contributed by atoms with Crippen LogP contribution >= 0.6 is 0 Å². The number of quaternary nitrogens is 1. The van der Waals surface area contributed by atoms with Gasteiger partial charge in [-0.1, -0.05) is 12.1 Å². The van der Waals surface area contributed by atoms with Crippen LogP contribution in [0, 0.1) is 5.21 Å². The number of carboxylic acid groups (broad SMARTS) is 1. The maximum Gasteiger partial charge on any atom is 0.307 e. The number of hydroxylamine groups is 2. The fraction of sp³-hybridized carbons (Fsp3) is 0.417. The summed E-state index contributed by atoms with van der Waals surface area (Å²) in [5, 5.41) is 21.1. The Morgan fingerprint density at radius 1 is 1.29 bits per heavy atom. The maximum atomic E-state index is 12.4. The van der Waals surface area contributed by atoms with E-state index in [-0.39, 0.29) is 11.1 Å². The summed E-state index contributed by atoms with van der Waals surface area (Å²) in [5.74, 6) is -0.866. The van der Waals surface area contributed by atoms with E-state index in [0.29, 0.717) is 37.6 Å². The van der Waals surface area contributed by atoms with Crippen LogP contribution in [0.5, 0.6) is 0 Å². The van der Waals surface area contributed by atoms with Crippen LogP contribution in [0.4, 0.5) is 5.69 Å². The average molecular weight is 237 g/mol. The van der Waals surface area contributed by atoms with Gasteiger partial charge < -0.3 is 19.7 Å². The minimum atomic E-state index is -0.866. The van der Waals surface area contributed by atoms with Crippen molar-refractivity contribution in [2.75, 3.05) is 26.3 Å². The smallest absolute Gasteiger partial charge is 0.307 e. The molecular formula is C12H15NO4. The molecule has 2 rings (SSSR count). The molecule has 1 N–H and O–H groups in total. The Labute approximate surface area is 99.4 Å². The lowest BCUT2D eigenvalue weighted by molar-refractivity contribution is -0.136. The van der Waals surface area contributed by atoms with Crippen LogP contribution < -0.4 is 4.65 Å². The minimum Gasteiger partial charge on any atom is -0.627 e. The van der Waals surface area contributed by atoms with Crippen LogP contribution in [0.3, 0.4) is 0 Å². The van der Waals surface area contributed by atoms with Crippen molar-refractivity contribution in [1.82, 2.24) is 4.65 Å². The molecule has 0 aliphatic carbocycles. The van der Waals surface area contributed by atoms with Gasteiger partial charge in [-0.25, -0.2) is 0 Å². The van der Waals surface area contributed by atoms with Crippen LogP contribution in [0.15, 0.2) is 24.3 Å². The monoisotopic (exact) mass is 237 g/mol. The van der Waals surface area contributed by atoms with Crippen molar-refractivity contribution in [3.8, 4) is 0 Å². The van der Waals surface area contributed by atoms with Gasteiger partial charge in [-0.3, -0.25) is 4.79 Å². The number of hydrogen-bond acceptors (Lipinski definition) is 3. The minimum absolute atomic E-state index is 0.0117. The van der Waals surface area contributed by atoms with Crippen molar-refractivity contribution in [2.24, 2.45) is 0 Å². The van der Waals surface area contributed by atoms with Crippen LogP contribution in [-0.4, -0.2) is 37.4 Å². The SMILES string of the molecule is O=C(O)Cc1ccc([N+]2([O-])CCOCC2)cc1. The van der Waals surface area contributed by atoms with Gasteiger partial charge in [0.05, 0.1) is 19.6 Å². The van der Waals surface area contributed by atoms with Crippen molar-refractivity contribution in [2.45, 2.75) is 6.42 Å². The molecule has 1 aliphatic rings. The number of carbonyl (C=O) groups is 1. The van der Waals surface area contributed by atoms with Crippen LogP contribution in [0.25, 0.3) is 0 Å². The highest BCUT2D eigenvalue weighted by Crippen LogP contribution is 2.24. The zero-order chi connectivity index (χ0) is 12.3. The van der Waals surface area contributed by atoms with Crippen LogP contribution in [0.2, 0.25) is 0 Å². The Kier molecular flexibility index (Phi) is 3.42. The summed E-state index contributed by atoms with van der Waals surface area (Å²) in [5.41, 5.74) is 1.38. The molecule has 5 nitrogen and oxygen atoms in total. The van der Waals surface area contributed by atoms with E-state index in [1.807, 2.05) is 0 Å². The Morgan fingerprint density at radius 3 is 2.41 bits per heavy atom. The Balaban J connectivity index is 2.13. The van der Waals surface area contributed by atoms with Gasteiger partial charge in [0.25, 0.3) is 0 Å². The summed E-state index contributed by atoms with van der Waals surface area (Å²) in [7, 11) is 0. The predicted molar refractivity (Wildman–Crippen MR) is 63.5 cm³/mol. The van der Waals surface area contributed by atoms with Gasteiger partial charge in [-0.15, -0.1) is 0 Å². The molecular weight excluding hydrogens is 222 g/mol. The molecule has 1 fully saturated rings. The first-order valence-corrected chi connectivity index (χ1v) is 5.57. The molecule has 0 unspecified atom stereocenters. The summed E-state index contributed by atoms with van der Waals surface area (Å²) in [4.78, 5) is 10.5. The number of rotatable bonds is 3. The van der Waals surface area contributed by atoms with E-state index in [9.17, 15) is 10.0 Å². The zero-order valence-corrected chi connectivity index (χ0v) is 9.46. The molecule has 0 atom stereocenters. The Bertz CT molecular complexity index is 395. The first-order chi connectivity index (χ1) is 8.10. The molecule has 1 heterocycles. The molecule has 0 saturated carbocycles. The van der Waals surface area contributed by atoms with E-state index < -0.39 is 5.97 Å². The number of aliphatic carboxylic acids is 1. The Hall–Kier alpha value is -1.43. The van der Waals surface area contributed by atoms with E-state index in [2.05, 4.69) is 0 Å². The summed E-state index contributed by atoms with van der Waals surface area (Å²) in [6.07, 6.45) is -0.0117. The number of hydrogen-bond donors (Lipinski definition) is 1. The molecule has 0 radical (unpaired) electrons. The van der Waals surface area contributed by atoms with Crippen LogP contribution in [-0.2, 0) is 16.0 Å². The largest absolute Gasteiger partial charge is 0.627 e. The lowest BCUT2D eigenvalue weighted by Crippen LogP contribution is -2.51. The van der Waals surface area contributed by atoms with Gasteiger partial charge in [-0.05, 0) is 17.7 Å². The number of nitrogens with zero attached hydrogens (tertiary/aromatic N) is 1.